The number of nitrogens with zero attached hydrogens (tertiary/aromatic N) is 1. The topological polar surface area (TPSA) is 61.6 Å². The fraction of sp³-hybridized carbons (Fsp3) is 0.333. The van der Waals surface area contributed by atoms with Crippen LogP contribution in [0, 0.1) is 15.5 Å². The van der Waals surface area contributed by atoms with Crippen LogP contribution < -0.4 is 4.74 Å². The Morgan fingerprint density at radius 1 is 1.31 bits per heavy atom. The Balaban J connectivity index is 2.69. The van der Waals surface area contributed by atoms with Crippen LogP contribution in [0.4, 0.5) is 0 Å². The minimum Gasteiger partial charge on any atom is -0.497 e. The van der Waals surface area contributed by atoms with Gasteiger partial charge in [0.25, 0.3) is 0 Å². The molecule has 5 heteroatoms. The molecule has 0 bridgehead atoms. The minimum atomic E-state index is -0.474. The summed E-state index contributed by atoms with van der Waals surface area (Å²) in [7, 11) is 1.64. The Morgan fingerprint density at radius 3 is 2.58 bits per heavy atom. The van der Waals surface area contributed by atoms with Crippen LogP contribution in [-0.2, 0) is 11.3 Å². The van der Waals surface area contributed by atoms with Crippen LogP contribution in [0.1, 0.15) is 25.8 Å². The second kappa shape index (κ2) is 11.1. The van der Waals surface area contributed by atoms with Gasteiger partial charge in [0, 0.05) is 11.5 Å². The predicted octanol–water partition coefficient (Wildman–Crippen LogP) is 5.09. The minimum absolute atomic E-state index is 0.232. The van der Waals surface area contributed by atoms with E-state index in [9.17, 15) is 10.1 Å². The molecule has 0 fully saturated rings. The van der Waals surface area contributed by atoms with Crippen LogP contribution >= 0.6 is 0 Å². The molecule has 0 aliphatic heterocycles. The number of nitro groups is 1. The summed E-state index contributed by atoms with van der Waals surface area (Å²) in [4.78, 5) is 9.89. The molecule has 0 radical (unpaired) electrons. The summed E-state index contributed by atoms with van der Waals surface area (Å²) in [5, 5.41) is 10.4. The summed E-state index contributed by atoms with van der Waals surface area (Å²) in [5.74, 6) is 0.816. The van der Waals surface area contributed by atoms with Crippen LogP contribution in [0.2, 0.25) is 0 Å². The van der Waals surface area contributed by atoms with Crippen molar-refractivity contribution in [3.8, 4) is 5.75 Å². The van der Waals surface area contributed by atoms with E-state index in [1.165, 1.54) is 6.08 Å². The first-order chi connectivity index (χ1) is 12.4. The van der Waals surface area contributed by atoms with Crippen LogP contribution in [0.3, 0.4) is 0 Å². The van der Waals surface area contributed by atoms with Gasteiger partial charge in [0.1, 0.15) is 5.75 Å². The second-order valence-electron chi connectivity index (χ2n) is 6.41. The number of rotatable bonds is 11. The SMILES string of the molecule is C=C/C=C/[C@@](C)(COCc1ccc(OC)cc1)C/C(C)=C\C=C\[N+](=O)[O-]. The predicted molar refractivity (Wildman–Crippen MR) is 105 cm³/mol. The van der Waals surface area contributed by atoms with Gasteiger partial charge in [-0.25, -0.2) is 0 Å². The Bertz CT molecular complexity index is 674. The van der Waals surface area contributed by atoms with Gasteiger partial charge >= 0.3 is 0 Å². The van der Waals surface area contributed by atoms with Crippen LogP contribution in [-0.4, -0.2) is 18.6 Å². The zero-order valence-corrected chi connectivity index (χ0v) is 15.7. The quantitative estimate of drug-likeness (QED) is 0.314. The summed E-state index contributed by atoms with van der Waals surface area (Å²) in [5.41, 5.74) is 1.87. The van der Waals surface area contributed by atoms with Crippen molar-refractivity contribution in [2.45, 2.75) is 26.9 Å². The maximum absolute atomic E-state index is 10.4. The molecule has 0 unspecified atom stereocenters. The average molecular weight is 357 g/mol. The molecule has 0 heterocycles. The maximum Gasteiger partial charge on any atom is 0.234 e. The molecule has 0 saturated heterocycles. The van der Waals surface area contributed by atoms with E-state index >= 15 is 0 Å². The standard InChI is InChI=1S/C21H27NO4/c1-5-6-13-21(3,15-18(2)8-7-14-22(23)24)17-26-16-19-9-11-20(25-4)12-10-19/h5-14H,1,15-17H2,2-4H3/b13-6+,14-7+,18-8-/t21-/m1/s1. The molecule has 0 aromatic heterocycles. The van der Waals surface area contributed by atoms with Gasteiger partial charge in [-0.3, -0.25) is 10.1 Å². The van der Waals surface area contributed by atoms with E-state index in [1.54, 1.807) is 19.3 Å². The molecule has 5 nitrogen and oxygen atoms in total. The number of hydrogen-bond acceptors (Lipinski definition) is 4. The summed E-state index contributed by atoms with van der Waals surface area (Å²) in [6.45, 7) is 8.79. The maximum atomic E-state index is 10.4. The highest BCUT2D eigenvalue weighted by Gasteiger charge is 2.21. The van der Waals surface area contributed by atoms with E-state index in [1.807, 2.05) is 37.3 Å². The van der Waals surface area contributed by atoms with Crippen molar-refractivity contribution in [3.63, 3.8) is 0 Å². The van der Waals surface area contributed by atoms with Gasteiger partial charge in [-0.05, 0) is 31.0 Å². The monoisotopic (exact) mass is 357 g/mol. The van der Waals surface area contributed by atoms with E-state index in [4.69, 9.17) is 9.47 Å². The molecule has 0 saturated carbocycles. The number of benzene rings is 1. The molecule has 0 aliphatic rings. The van der Waals surface area contributed by atoms with E-state index < -0.39 is 4.92 Å². The third-order valence-electron chi connectivity index (χ3n) is 3.77. The Hall–Kier alpha value is -2.66. The normalized spacial score (nSPS) is 14.5. The smallest absolute Gasteiger partial charge is 0.234 e. The molecule has 1 aromatic carbocycles. The lowest BCUT2D eigenvalue weighted by Crippen LogP contribution is -2.21. The summed E-state index contributed by atoms with van der Waals surface area (Å²) >= 11 is 0. The van der Waals surface area contributed by atoms with Crippen molar-refractivity contribution in [1.29, 1.82) is 0 Å². The highest BCUT2D eigenvalue weighted by Crippen LogP contribution is 2.29. The largest absolute Gasteiger partial charge is 0.497 e. The first-order valence-corrected chi connectivity index (χ1v) is 8.37. The Labute approximate surface area is 155 Å². The molecule has 0 N–H and O–H groups in total. The van der Waals surface area contributed by atoms with Crippen molar-refractivity contribution in [2.75, 3.05) is 13.7 Å². The Morgan fingerprint density at radius 2 is 2.00 bits per heavy atom. The van der Waals surface area contributed by atoms with Gasteiger partial charge < -0.3 is 9.47 Å². The zero-order valence-electron chi connectivity index (χ0n) is 15.7. The van der Waals surface area contributed by atoms with E-state index in [0.29, 0.717) is 13.2 Å². The van der Waals surface area contributed by atoms with Crippen LogP contribution in [0.5, 0.6) is 5.75 Å². The molecular formula is C21H27NO4. The molecule has 1 rings (SSSR count). The number of ether oxygens (including phenoxy) is 2. The fourth-order valence-corrected chi connectivity index (χ4v) is 2.56. The fourth-order valence-electron chi connectivity index (χ4n) is 2.56. The van der Waals surface area contributed by atoms with Gasteiger partial charge in [-0.2, -0.15) is 0 Å². The van der Waals surface area contributed by atoms with Gasteiger partial charge in [0.2, 0.25) is 6.20 Å². The molecular weight excluding hydrogens is 330 g/mol. The van der Waals surface area contributed by atoms with Crippen molar-refractivity contribution in [2.24, 2.45) is 5.41 Å². The lowest BCUT2D eigenvalue weighted by Gasteiger charge is -2.26. The number of hydrogen-bond donors (Lipinski definition) is 0. The average Bonchev–Trinajstić information content (AvgIpc) is 2.60. The van der Waals surface area contributed by atoms with E-state index in [-0.39, 0.29) is 5.41 Å². The third-order valence-corrected chi connectivity index (χ3v) is 3.77. The van der Waals surface area contributed by atoms with E-state index in [0.717, 1.165) is 29.5 Å². The second-order valence-corrected chi connectivity index (χ2v) is 6.41. The first kappa shape index (κ1) is 21.4. The highest BCUT2D eigenvalue weighted by atomic mass is 16.6. The molecule has 1 aromatic rings. The van der Waals surface area contributed by atoms with Gasteiger partial charge in [0.05, 0.1) is 25.2 Å². The molecule has 140 valence electrons. The zero-order chi connectivity index (χ0) is 19.4. The van der Waals surface area contributed by atoms with Crippen LogP contribution in [0.15, 0.2) is 73.0 Å². The van der Waals surface area contributed by atoms with Crippen molar-refractivity contribution >= 4 is 0 Å². The summed E-state index contributed by atoms with van der Waals surface area (Å²) in [6, 6.07) is 7.76. The molecule has 0 spiro atoms. The lowest BCUT2D eigenvalue weighted by atomic mass is 9.84. The number of methoxy groups -OCH3 is 1. The molecule has 1 atom stereocenters. The summed E-state index contributed by atoms with van der Waals surface area (Å²) in [6.07, 6.45) is 10.5. The molecule has 0 amide bonds. The summed E-state index contributed by atoms with van der Waals surface area (Å²) < 4.78 is 11.1. The van der Waals surface area contributed by atoms with Gasteiger partial charge in [-0.1, -0.05) is 55.5 Å². The first-order valence-electron chi connectivity index (χ1n) is 8.37. The van der Waals surface area contributed by atoms with Crippen LogP contribution in [0.25, 0.3) is 0 Å². The van der Waals surface area contributed by atoms with Crippen molar-refractivity contribution in [1.82, 2.24) is 0 Å². The van der Waals surface area contributed by atoms with Crippen molar-refractivity contribution in [3.05, 3.63) is 88.7 Å². The van der Waals surface area contributed by atoms with Gasteiger partial charge in [0.15, 0.2) is 0 Å². The van der Waals surface area contributed by atoms with E-state index in [2.05, 4.69) is 19.6 Å². The van der Waals surface area contributed by atoms with Gasteiger partial charge in [-0.15, -0.1) is 0 Å². The lowest BCUT2D eigenvalue weighted by molar-refractivity contribution is -0.402. The Kier molecular flexibility index (Phi) is 9.09. The molecule has 0 aliphatic carbocycles. The molecule has 26 heavy (non-hydrogen) atoms. The number of allylic oxidation sites excluding steroid dienone is 5. The van der Waals surface area contributed by atoms with Crippen molar-refractivity contribution < 1.29 is 14.4 Å². The highest BCUT2D eigenvalue weighted by molar-refractivity contribution is 5.26. The third kappa shape index (κ3) is 8.44.